The topological polar surface area (TPSA) is 79.2 Å². The molecule has 4 heterocycles. The molecule has 0 bridgehead atoms. The van der Waals surface area contributed by atoms with Crippen molar-refractivity contribution in [2.24, 2.45) is 0 Å². The smallest absolute Gasteiger partial charge is 0.289 e. The number of amides is 1. The van der Waals surface area contributed by atoms with Gasteiger partial charge in [-0.05, 0) is 38.4 Å². The maximum atomic E-state index is 13.0. The minimum Gasteiger partial charge on any atom is -0.347 e. The van der Waals surface area contributed by atoms with E-state index in [0.717, 1.165) is 63.5 Å². The maximum absolute atomic E-state index is 13.0. The zero-order chi connectivity index (χ0) is 20.6. The van der Waals surface area contributed by atoms with E-state index in [-0.39, 0.29) is 17.5 Å². The first-order valence-corrected chi connectivity index (χ1v) is 11.2. The predicted molar refractivity (Wildman–Crippen MR) is 113 cm³/mol. The highest BCUT2D eigenvalue weighted by Crippen LogP contribution is 2.34. The number of aromatic nitrogens is 4. The van der Waals surface area contributed by atoms with Crippen molar-refractivity contribution in [3.05, 3.63) is 41.7 Å². The lowest BCUT2D eigenvalue weighted by atomic mass is 9.94. The third kappa shape index (κ3) is 3.74. The largest absolute Gasteiger partial charge is 0.347 e. The number of carbonyl (C=O) groups excluding carboxylic acids is 1. The molecule has 8 nitrogen and oxygen atoms in total. The van der Waals surface area contributed by atoms with Gasteiger partial charge in [0.15, 0.2) is 0 Å². The fourth-order valence-electron chi connectivity index (χ4n) is 5.32. The fraction of sp³-hybridized carbons (Fsp3) is 0.636. The molecule has 0 unspecified atom stereocenters. The second kappa shape index (κ2) is 8.07. The molecule has 2 aliphatic heterocycles. The summed E-state index contributed by atoms with van der Waals surface area (Å²) in [6, 6.07) is 6.36. The zero-order valence-electron chi connectivity index (χ0n) is 17.8. The number of likely N-dealkylation sites (tertiary alicyclic amines) is 1. The lowest BCUT2D eigenvalue weighted by molar-refractivity contribution is 0.0645. The number of nitrogens with one attached hydrogen (secondary N) is 1. The Bertz CT molecular complexity index is 892. The molecule has 1 aliphatic carbocycles. The lowest BCUT2D eigenvalue weighted by Gasteiger charge is -2.42. The number of carbonyl (C=O) groups is 1. The standard InChI is InChI=1S/C22H31N7O/c1-27-14-19-25-26-20(21(30)24-17-7-3-2-4-8-17)29(19)16-22(27)10-12-28(15-22)13-18-9-5-6-11-23-18/h5-6,9,11,17H,2-4,7-8,10,12-16H2,1H3,(H,24,30)/t22-/m0/s1. The van der Waals surface area contributed by atoms with Gasteiger partial charge in [0.1, 0.15) is 5.82 Å². The average molecular weight is 410 g/mol. The Kier molecular flexibility index (Phi) is 5.28. The summed E-state index contributed by atoms with van der Waals surface area (Å²) in [7, 11) is 2.17. The summed E-state index contributed by atoms with van der Waals surface area (Å²) >= 11 is 0. The maximum Gasteiger partial charge on any atom is 0.289 e. The highest BCUT2D eigenvalue weighted by atomic mass is 16.2. The minimum atomic E-state index is -0.0660. The van der Waals surface area contributed by atoms with E-state index >= 15 is 0 Å². The number of hydrogen-bond acceptors (Lipinski definition) is 6. The Hall–Kier alpha value is -2.32. The van der Waals surface area contributed by atoms with Crippen molar-refractivity contribution in [3.8, 4) is 0 Å². The van der Waals surface area contributed by atoms with Crippen LogP contribution in [0.2, 0.25) is 0 Å². The summed E-state index contributed by atoms with van der Waals surface area (Å²) in [5.74, 6) is 1.30. The number of nitrogens with zero attached hydrogens (tertiary/aromatic N) is 6. The molecule has 8 heteroatoms. The van der Waals surface area contributed by atoms with Crippen molar-refractivity contribution in [2.75, 3.05) is 20.1 Å². The van der Waals surface area contributed by atoms with E-state index in [1.54, 1.807) is 0 Å². The molecule has 1 spiro atoms. The number of hydrogen-bond donors (Lipinski definition) is 1. The first-order chi connectivity index (χ1) is 14.6. The van der Waals surface area contributed by atoms with Crippen molar-refractivity contribution in [3.63, 3.8) is 0 Å². The van der Waals surface area contributed by atoms with E-state index in [2.05, 4.69) is 48.0 Å². The van der Waals surface area contributed by atoms with Gasteiger partial charge in [-0.3, -0.25) is 19.6 Å². The molecule has 3 aliphatic rings. The third-order valence-corrected chi connectivity index (χ3v) is 7.13. The van der Waals surface area contributed by atoms with E-state index in [1.165, 1.54) is 19.3 Å². The molecule has 30 heavy (non-hydrogen) atoms. The molecule has 0 aromatic carbocycles. The summed E-state index contributed by atoms with van der Waals surface area (Å²) in [5.41, 5.74) is 1.11. The number of rotatable bonds is 4. The highest BCUT2D eigenvalue weighted by Gasteiger charge is 2.46. The van der Waals surface area contributed by atoms with Crippen LogP contribution in [-0.2, 0) is 19.6 Å². The van der Waals surface area contributed by atoms with Gasteiger partial charge < -0.3 is 9.88 Å². The molecule has 5 rings (SSSR count). The molecular formula is C22H31N7O. The molecule has 1 saturated heterocycles. The first kappa shape index (κ1) is 19.6. The molecule has 2 aromatic rings. The minimum absolute atomic E-state index is 0.00400. The van der Waals surface area contributed by atoms with Crippen LogP contribution in [0.25, 0.3) is 0 Å². The van der Waals surface area contributed by atoms with Crippen molar-refractivity contribution < 1.29 is 4.79 Å². The summed E-state index contributed by atoms with van der Waals surface area (Å²) in [4.78, 5) is 22.3. The SMILES string of the molecule is CN1Cc2nnc(C(=O)NC3CCCCC3)n2C[C@@]12CCN(Cc1ccccn1)C2. The second-order valence-electron chi connectivity index (χ2n) is 9.20. The van der Waals surface area contributed by atoms with E-state index in [4.69, 9.17) is 0 Å². The fourth-order valence-corrected chi connectivity index (χ4v) is 5.32. The van der Waals surface area contributed by atoms with Crippen LogP contribution < -0.4 is 5.32 Å². The average Bonchev–Trinajstić information content (AvgIpc) is 3.35. The van der Waals surface area contributed by atoms with Crippen molar-refractivity contribution in [2.45, 2.75) is 69.7 Å². The van der Waals surface area contributed by atoms with E-state index in [9.17, 15) is 4.79 Å². The van der Waals surface area contributed by atoms with Gasteiger partial charge in [0, 0.05) is 38.4 Å². The van der Waals surface area contributed by atoms with Gasteiger partial charge in [-0.2, -0.15) is 0 Å². The van der Waals surface area contributed by atoms with Gasteiger partial charge in [0.05, 0.1) is 17.8 Å². The molecule has 160 valence electrons. The molecule has 1 N–H and O–H groups in total. The van der Waals surface area contributed by atoms with Gasteiger partial charge in [-0.15, -0.1) is 10.2 Å². The zero-order valence-corrected chi connectivity index (χ0v) is 17.8. The van der Waals surface area contributed by atoms with Crippen LogP contribution in [0.1, 0.15) is 60.7 Å². The Balaban J connectivity index is 1.30. The lowest BCUT2D eigenvalue weighted by Crippen LogP contribution is -2.55. The van der Waals surface area contributed by atoms with Gasteiger partial charge in [0.2, 0.25) is 5.82 Å². The van der Waals surface area contributed by atoms with Crippen LogP contribution in [0.3, 0.4) is 0 Å². The van der Waals surface area contributed by atoms with Crippen LogP contribution >= 0.6 is 0 Å². The van der Waals surface area contributed by atoms with Crippen molar-refractivity contribution in [1.82, 2.24) is 34.9 Å². The predicted octanol–water partition coefficient (Wildman–Crippen LogP) is 1.83. The Morgan fingerprint density at radius 3 is 2.87 bits per heavy atom. The van der Waals surface area contributed by atoms with E-state index in [1.807, 2.05) is 18.3 Å². The highest BCUT2D eigenvalue weighted by molar-refractivity contribution is 5.91. The molecule has 2 aromatic heterocycles. The van der Waals surface area contributed by atoms with Crippen molar-refractivity contribution >= 4 is 5.91 Å². The Labute approximate surface area is 177 Å². The molecule has 2 fully saturated rings. The normalized spacial score (nSPS) is 25.5. The van der Waals surface area contributed by atoms with Crippen LogP contribution in [0.15, 0.2) is 24.4 Å². The van der Waals surface area contributed by atoms with Gasteiger partial charge in [-0.1, -0.05) is 25.3 Å². The van der Waals surface area contributed by atoms with Crippen LogP contribution in [0.5, 0.6) is 0 Å². The number of pyridine rings is 1. The van der Waals surface area contributed by atoms with Crippen LogP contribution in [0.4, 0.5) is 0 Å². The number of likely N-dealkylation sites (N-methyl/N-ethyl adjacent to an activating group) is 1. The summed E-state index contributed by atoms with van der Waals surface area (Å²) in [6.45, 7) is 4.34. The Morgan fingerprint density at radius 2 is 2.07 bits per heavy atom. The quantitative estimate of drug-likeness (QED) is 0.830. The van der Waals surface area contributed by atoms with Gasteiger partial charge >= 0.3 is 0 Å². The summed E-state index contributed by atoms with van der Waals surface area (Å²) in [6.07, 6.45) is 8.73. The molecule has 0 radical (unpaired) electrons. The Morgan fingerprint density at radius 1 is 1.20 bits per heavy atom. The molecule has 1 amide bonds. The molecule has 1 saturated carbocycles. The van der Waals surface area contributed by atoms with Gasteiger partial charge in [-0.25, -0.2) is 0 Å². The monoisotopic (exact) mass is 409 g/mol. The van der Waals surface area contributed by atoms with Crippen LogP contribution in [0, 0.1) is 0 Å². The van der Waals surface area contributed by atoms with Gasteiger partial charge in [0.25, 0.3) is 5.91 Å². The first-order valence-electron chi connectivity index (χ1n) is 11.2. The van der Waals surface area contributed by atoms with E-state index < -0.39 is 0 Å². The second-order valence-corrected chi connectivity index (χ2v) is 9.20. The van der Waals surface area contributed by atoms with Crippen LogP contribution in [-0.4, -0.2) is 67.2 Å². The van der Waals surface area contributed by atoms with Crippen molar-refractivity contribution in [1.29, 1.82) is 0 Å². The summed E-state index contributed by atoms with van der Waals surface area (Å²) in [5, 5.41) is 11.8. The van der Waals surface area contributed by atoms with E-state index in [0.29, 0.717) is 5.82 Å². The third-order valence-electron chi connectivity index (χ3n) is 7.13. The molecular weight excluding hydrogens is 378 g/mol. The molecule has 1 atom stereocenters. The number of fused-ring (bicyclic) bond motifs is 1. The summed E-state index contributed by atoms with van der Waals surface area (Å²) < 4.78 is 2.07.